The lowest BCUT2D eigenvalue weighted by Gasteiger charge is -2.31. The van der Waals surface area contributed by atoms with Gasteiger partial charge in [-0.05, 0) is 35.7 Å². The second-order valence-electron chi connectivity index (χ2n) is 8.16. The molecule has 0 fully saturated rings. The van der Waals surface area contributed by atoms with E-state index in [1.807, 2.05) is 61.5 Å². The summed E-state index contributed by atoms with van der Waals surface area (Å²) in [6, 6.07) is 23.0. The highest BCUT2D eigenvalue weighted by atomic mass is 79.9. The Labute approximate surface area is 223 Å². The molecule has 0 heterocycles. The second kappa shape index (κ2) is 13.8. The summed E-state index contributed by atoms with van der Waals surface area (Å²) in [5, 5.41) is 13.8. The molecule has 188 valence electrons. The Hall–Kier alpha value is -3.17. The van der Waals surface area contributed by atoms with Gasteiger partial charge in [0, 0.05) is 41.9 Å². The number of nitro benzene ring substituents is 1. The molecule has 0 aliphatic carbocycles. The maximum absolute atomic E-state index is 13.5. The maximum Gasteiger partial charge on any atom is 0.269 e. The van der Waals surface area contributed by atoms with E-state index in [9.17, 15) is 19.7 Å². The highest BCUT2D eigenvalue weighted by molar-refractivity contribution is 9.10. The number of carbonyl (C=O) groups is 2. The number of non-ortho nitro benzene ring substituents is 1. The Bertz CT molecular complexity index is 1160. The number of nitrogens with zero attached hydrogens (tertiary/aromatic N) is 2. The summed E-state index contributed by atoms with van der Waals surface area (Å²) in [4.78, 5) is 38.8. The normalized spacial score (nSPS) is 11.5. The van der Waals surface area contributed by atoms with Gasteiger partial charge in [-0.2, -0.15) is 0 Å². The molecular weight excluding hydrogens is 542 g/mol. The highest BCUT2D eigenvalue weighted by Gasteiger charge is 2.30. The average Bonchev–Trinajstić information content (AvgIpc) is 2.88. The first-order valence-corrected chi connectivity index (χ1v) is 13.5. The van der Waals surface area contributed by atoms with Crippen LogP contribution >= 0.6 is 27.7 Å². The van der Waals surface area contributed by atoms with Crippen molar-refractivity contribution in [3.63, 3.8) is 0 Å². The third-order valence-electron chi connectivity index (χ3n) is 5.53. The summed E-state index contributed by atoms with van der Waals surface area (Å²) in [5.41, 5.74) is 2.82. The number of nitrogens with one attached hydrogen (secondary N) is 1. The quantitative estimate of drug-likeness (QED) is 0.234. The molecule has 36 heavy (non-hydrogen) atoms. The van der Waals surface area contributed by atoms with Gasteiger partial charge >= 0.3 is 0 Å². The minimum Gasteiger partial charge on any atom is -0.355 e. The van der Waals surface area contributed by atoms with E-state index in [1.54, 1.807) is 17.0 Å². The van der Waals surface area contributed by atoms with Crippen molar-refractivity contribution in [2.24, 2.45) is 0 Å². The molecular formula is C27H28BrN3O4S. The fourth-order valence-corrected chi connectivity index (χ4v) is 4.82. The van der Waals surface area contributed by atoms with Gasteiger partial charge in [-0.1, -0.05) is 70.5 Å². The van der Waals surface area contributed by atoms with Crippen LogP contribution in [0.25, 0.3) is 0 Å². The summed E-state index contributed by atoms with van der Waals surface area (Å²) in [6.07, 6.45) is 0.405. The summed E-state index contributed by atoms with van der Waals surface area (Å²) in [7, 11) is 0. The number of benzene rings is 3. The van der Waals surface area contributed by atoms with Gasteiger partial charge in [-0.25, -0.2) is 0 Å². The molecule has 3 aromatic rings. The second-order valence-corrected chi connectivity index (χ2v) is 10.1. The monoisotopic (exact) mass is 569 g/mol. The van der Waals surface area contributed by atoms with Crippen LogP contribution in [0.5, 0.6) is 0 Å². The first-order chi connectivity index (χ1) is 17.4. The lowest BCUT2D eigenvalue weighted by Crippen LogP contribution is -2.51. The smallest absolute Gasteiger partial charge is 0.269 e. The molecule has 2 amide bonds. The van der Waals surface area contributed by atoms with E-state index in [2.05, 4.69) is 21.2 Å². The SMILES string of the molecule is CCNC(=O)C(Cc1ccccc1)N(Cc1ccc(Br)cc1)C(=O)CSCc1ccc([N+](=O)[O-])cc1. The van der Waals surface area contributed by atoms with Gasteiger partial charge in [0.05, 0.1) is 10.7 Å². The van der Waals surface area contributed by atoms with Crippen LogP contribution in [-0.2, 0) is 28.3 Å². The van der Waals surface area contributed by atoms with E-state index < -0.39 is 11.0 Å². The molecule has 0 radical (unpaired) electrons. The highest BCUT2D eigenvalue weighted by Crippen LogP contribution is 2.21. The zero-order valence-corrected chi connectivity index (χ0v) is 22.3. The number of likely N-dealkylation sites (N-methyl/N-ethyl adjacent to an activating group) is 1. The van der Waals surface area contributed by atoms with Crippen molar-refractivity contribution in [1.29, 1.82) is 0 Å². The van der Waals surface area contributed by atoms with Gasteiger partial charge in [0.25, 0.3) is 5.69 Å². The van der Waals surface area contributed by atoms with E-state index in [-0.39, 0.29) is 23.3 Å². The third-order valence-corrected chi connectivity index (χ3v) is 7.05. The molecule has 1 atom stereocenters. The van der Waals surface area contributed by atoms with Crippen LogP contribution in [0, 0.1) is 10.1 Å². The number of hydrogen-bond donors (Lipinski definition) is 1. The molecule has 0 aliphatic heterocycles. The van der Waals surface area contributed by atoms with Crippen molar-refractivity contribution in [3.8, 4) is 0 Å². The maximum atomic E-state index is 13.5. The minimum atomic E-state index is -0.663. The Kier molecular flexibility index (Phi) is 10.5. The molecule has 9 heteroatoms. The zero-order chi connectivity index (χ0) is 25.9. The zero-order valence-electron chi connectivity index (χ0n) is 19.9. The van der Waals surface area contributed by atoms with Crippen LogP contribution in [0.15, 0.2) is 83.3 Å². The molecule has 1 N–H and O–H groups in total. The largest absolute Gasteiger partial charge is 0.355 e. The van der Waals surface area contributed by atoms with Crippen molar-refractivity contribution >= 4 is 45.2 Å². The first kappa shape index (κ1) is 27.4. The average molecular weight is 571 g/mol. The molecule has 0 aliphatic rings. The third kappa shape index (κ3) is 8.20. The predicted molar refractivity (Wildman–Crippen MR) is 147 cm³/mol. The van der Waals surface area contributed by atoms with Crippen LogP contribution in [0.3, 0.4) is 0 Å². The Morgan fingerprint density at radius 2 is 1.61 bits per heavy atom. The predicted octanol–water partition coefficient (Wildman–Crippen LogP) is 5.37. The van der Waals surface area contributed by atoms with Crippen molar-refractivity contribution in [2.45, 2.75) is 31.7 Å². The summed E-state index contributed by atoms with van der Waals surface area (Å²) in [5.74, 6) is 0.377. The molecule has 3 rings (SSSR count). The lowest BCUT2D eigenvalue weighted by atomic mass is 10.0. The van der Waals surface area contributed by atoms with Crippen LogP contribution in [0.4, 0.5) is 5.69 Å². The van der Waals surface area contributed by atoms with Crippen LogP contribution < -0.4 is 5.32 Å². The van der Waals surface area contributed by atoms with Gasteiger partial charge in [-0.3, -0.25) is 19.7 Å². The molecule has 0 aromatic heterocycles. The van der Waals surface area contributed by atoms with Gasteiger partial charge in [0.1, 0.15) is 6.04 Å². The molecule has 0 saturated heterocycles. The van der Waals surface area contributed by atoms with Crippen LogP contribution in [0.2, 0.25) is 0 Å². The number of halogens is 1. The summed E-state index contributed by atoms with van der Waals surface area (Å²) < 4.78 is 0.937. The Morgan fingerprint density at radius 1 is 0.972 bits per heavy atom. The van der Waals surface area contributed by atoms with E-state index in [0.29, 0.717) is 25.3 Å². The topological polar surface area (TPSA) is 92.6 Å². The molecule has 3 aromatic carbocycles. The number of amides is 2. The summed E-state index contributed by atoms with van der Waals surface area (Å²) in [6.45, 7) is 2.64. The lowest BCUT2D eigenvalue weighted by molar-refractivity contribution is -0.384. The van der Waals surface area contributed by atoms with Crippen LogP contribution in [-0.4, -0.2) is 40.0 Å². The van der Waals surface area contributed by atoms with Crippen LogP contribution in [0.1, 0.15) is 23.6 Å². The Balaban J connectivity index is 1.79. The van der Waals surface area contributed by atoms with E-state index >= 15 is 0 Å². The van der Waals surface area contributed by atoms with Gasteiger partial charge < -0.3 is 10.2 Å². The van der Waals surface area contributed by atoms with Crippen molar-refractivity contribution in [3.05, 3.63) is 110 Å². The number of hydrogen-bond acceptors (Lipinski definition) is 5. The van der Waals surface area contributed by atoms with E-state index in [1.165, 1.54) is 23.9 Å². The molecule has 0 bridgehead atoms. The van der Waals surface area contributed by atoms with Gasteiger partial charge in [0.15, 0.2) is 0 Å². The fraction of sp³-hybridized carbons (Fsp3) is 0.259. The molecule has 1 unspecified atom stereocenters. The molecule has 7 nitrogen and oxygen atoms in total. The van der Waals surface area contributed by atoms with Crippen molar-refractivity contribution < 1.29 is 14.5 Å². The van der Waals surface area contributed by atoms with E-state index in [4.69, 9.17) is 0 Å². The molecule has 0 saturated carbocycles. The standard InChI is InChI=1S/C27H28BrN3O4S/c1-2-29-27(33)25(16-20-6-4-3-5-7-20)30(17-21-8-12-23(28)13-9-21)26(32)19-36-18-22-10-14-24(15-11-22)31(34)35/h3-15,25H,2,16-19H2,1H3,(H,29,33). The summed E-state index contributed by atoms with van der Waals surface area (Å²) >= 11 is 4.86. The van der Waals surface area contributed by atoms with Crippen molar-refractivity contribution in [1.82, 2.24) is 10.2 Å². The fourth-order valence-electron chi connectivity index (χ4n) is 3.69. The molecule has 0 spiro atoms. The van der Waals surface area contributed by atoms with E-state index in [0.717, 1.165) is 21.2 Å². The minimum absolute atomic E-state index is 0.0335. The van der Waals surface area contributed by atoms with Gasteiger partial charge in [0.2, 0.25) is 11.8 Å². The Morgan fingerprint density at radius 3 is 2.22 bits per heavy atom. The number of thioether (sulfide) groups is 1. The van der Waals surface area contributed by atoms with Gasteiger partial charge in [-0.15, -0.1) is 11.8 Å². The number of rotatable bonds is 12. The van der Waals surface area contributed by atoms with Crippen molar-refractivity contribution in [2.75, 3.05) is 12.3 Å². The first-order valence-electron chi connectivity index (χ1n) is 11.5. The number of carbonyl (C=O) groups excluding carboxylic acids is 2. The number of nitro groups is 1.